The molecule has 20 heavy (non-hydrogen) atoms. The Hall–Kier alpha value is -1.72. The van der Waals surface area contributed by atoms with E-state index in [-0.39, 0.29) is 0 Å². The zero-order valence-electron chi connectivity index (χ0n) is 10.8. The monoisotopic (exact) mass is 345 g/mol. The van der Waals surface area contributed by atoms with Gasteiger partial charge in [0.05, 0.1) is 16.4 Å². The second kappa shape index (κ2) is 5.73. The maximum absolute atomic E-state index is 4.31. The van der Waals surface area contributed by atoms with E-state index in [1.807, 2.05) is 43.4 Å². The minimum atomic E-state index is 0.884. The molecule has 5 heteroatoms. The van der Waals surface area contributed by atoms with Crippen molar-refractivity contribution in [3.05, 3.63) is 63.4 Å². The molecule has 0 atom stereocenters. The molecule has 0 aliphatic carbocycles. The average Bonchev–Trinajstić information content (AvgIpc) is 2.78. The molecule has 0 unspecified atom stereocenters. The number of nitrogens with zero attached hydrogens (tertiary/aromatic N) is 3. The SMILES string of the molecule is Cn1c(=NN=Cc2ccccc2Br)sc2ccccc21. The Morgan fingerprint density at radius 1 is 1.10 bits per heavy atom. The number of aromatic nitrogens is 1. The second-order valence-electron chi connectivity index (χ2n) is 4.28. The van der Waals surface area contributed by atoms with Crippen LogP contribution in [-0.2, 0) is 7.05 Å². The molecule has 100 valence electrons. The van der Waals surface area contributed by atoms with Gasteiger partial charge in [0.25, 0.3) is 0 Å². The van der Waals surface area contributed by atoms with E-state index in [0.717, 1.165) is 14.8 Å². The van der Waals surface area contributed by atoms with Crippen molar-refractivity contribution in [3.63, 3.8) is 0 Å². The first-order chi connectivity index (χ1) is 9.75. The molecule has 0 aliphatic heterocycles. The van der Waals surface area contributed by atoms with Gasteiger partial charge in [0, 0.05) is 17.1 Å². The van der Waals surface area contributed by atoms with Gasteiger partial charge in [-0.2, -0.15) is 5.10 Å². The quantitative estimate of drug-likeness (QED) is 0.497. The molecule has 0 saturated heterocycles. The third-order valence-corrected chi connectivity index (χ3v) is 4.79. The number of hydrogen-bond donors (Lipinski definition) is 0. The van der Waals surface area contributed by atoms with Crippen molar-refractivity contribution < 1.29 is 0 Å². The zero-order valence-corrected chi connectivity index (χ0v) is 13.2. The number of aryl methyl sites for hydroxylation is 1. The van der Waals surface area contributed by atoms with Gasteiger partial charge in [-0.15, -0.1) is 5.10 Å². The Labute approximate surface area is 129 Å². The minimum Gasteiger partial charge on any atom is -0.318 e. The number of hydrogen-bond acceptors (Lipinski definition) is 3. The van der Waals surface area contributed by atoms with Crippen molar-refractivity contribution in [3.8, 4) is 0 Å². The van der Waals surface area contributed by atoms with E-state index in [1.165, 1.54) is 10.2 Å². The standard InChI is InChI=1S/C15H12BrN3S/c1-19-13-8-4-5-9-14(13)20-15(19)18-17-10-11-6-2-3-7-12(11)16/h2-10H,1H3. The lowest BCUT2D eigenvalue weighted by Gasteiger charge is -1.94. The highest BCUT2D eigenvalue weighted by atomic mass is 79.9. The van der Waals surface area contributed by atoms with Crippen molar-refractivity contribution >= 4 is 43.7 Å². The van der Waals surface area contributed by atoms with E-state index < -0.39 is 0 Å². The van der Waals surface area contributed by atoms with Crippen LogP contribution in [-0.4, -0.2) is 10.8 Å². The zero-order chi connectivity index (χ0) is 13.9. The first kappa shape index (κ1) is 13.3. The van der Waals surface area contributed by atoms with Crippen LogP contribution in [0.25, 0.3) is 10.2 Å². The molecule has 0 aliphatic rings. The molecular weight excluding hydrogens is 334 g/mol. The lowest BCUT2D eigenvalue weighted by molar-refractivity contribution is 0.889. The van der Waals surface area contributed by atoms with Crippen LogP contribution in [0.5, 0.6) is 0 Å². The highest BCUT2D eigenvalue weighted by Gasteiger charge is 2.00. The lowest BCUT2D eigenvalue weighted by Crippen LogP contribution is -2.08. The van der Waals surface area contributed by atoms with Crippen LogP contribution in [0.1, 0.15) is 5.56 Å². The van der Waals surface area contributed by atoms with Crippen LogP contribution in [0.2, 0.25) is 0 Å². The van der Waals surface area contributed by atoms with Crippen LogP contribution in [0.15, 0.2) is 63.2 Å². The summed E-state index contributed by atoms with van der Waals surface area (Å²) < 4.78 is 4.28. The molecule has 2 aromatic carbocycles. The number of rotatable bonds is 2. The maximum Gasteiger partial charge on any atom is 0.211 e. The molecule has 1 heterocycles. The summed E-state index contributed by atoms with van der Waals surface area (Å²) in [6.45, 7) is 0. The Bertz CT molecular complexity index is 845. The summed E-state index contributed by atoms with van der Waals surface area (Å²) in [6, 6.07) is 16.2. The fourth-order valence-corrected chi connectivity index (χ4v) is 3.26. The minimum absolute atomic E-state index is 0.884. The molecule has 0 bridgehead atoms. The van der Waals surface area contributed by atoms with Gasteiger partial charge >= 0.3 is 0 Å². The van der Waals surface area contributed by atoms with Crippen LogP contribution in [0.3, 0.4) is 0 Å². The fraction of sp³-hybridized carbons (Fsp3) is 0.0667. The van der Waals surface area contributed by atoms with E-state index in [4.69, 9.17) is 0 Å². The van der Waals surface area contributed by atoms with Crippen LogP contribution in [0.4, 0.5) is 0 Å². The third kappa shape index (κ3) is 2.59. The summed E-state index contributed by atoms with van der Waals surface area (Å²) in [5.74, 6) is 0. The molecule has 0 radical (unpaired) electrons. The van der Waals surface area contributed by atoms with Gasteiger partial charge in [-0.1, -0.05) is 57.6 Å². The Kier molecular flexibility index (Phi) is 3.80. The van der Waals surface area contributed by atoms with Gasteiger partial charge in [0.2, 0.25) is 4.80 Å². The van der Waals surface area contributed by atoms with Gasteiger partial charge < -0.3 is 4.57 Å². The molecule has 0 amide bonds. The van der Waals surface area contributed by atoms with E-state index in [1.54, 1.807) is 17.6 Å². The molecule has 0 N–H and O–H groups in total. The Balaban J connectivity index is 1.99. The van der Waals surface area contributed by atoms with E-state index in [9.17, 15) is 0 Å². The summed E-state index contributed by atoms with van der Waals surface area (Å²) in [5, 5.41) is 8.50. The highest BCUT2D eigenvalue weighted by molar-refractivity contribution is 9.10. The molecule has 0 fully saturated rings. The Morgan fingerprint density at radius 2 is 1.85 bits per heavy atom. The average molecular weight is 346 g/mol. The van der Waals surface area contributed by atoms with Crippen LogP contribution < -0.4 is 4.80 Å². The number of halogens is 1. The van der Waals surface area contributed by atoms with E-state index in [0.29, 0.717) is 0 Å². The predicted molar refractivity (Wildman–Crippen MR) is 88.1 cm³/mol. The van der Waals surface area contributed by atoms with Crippen molar-refractivity contribution in [1.82, 2.24) is 4.57 Å². The van der Waals surface area contributed by atoms with Gasteiger partial charge in [-0.3, -0.25) is 0 Å². The van der Waals surface area contributed by atoms with Crippen molar-refractivity contribution in [2.24, 2.45) is 17.3 Å². The summed E-state index contributed by atoms with van der Waals surface area (Å²) in [4.78, 5) is 0.884. The van der Waals surface area contributed by atoms with Gasteiger partial charge in [0.1, 0.15) is 0 Å². The van der Waals surface area contributed by atoms with Crippen LogP contribution in [0, 0.1) is 0 Å². The summed E-state index contributed by atoms with van der Waals surface area (Å²) >= 11 is 5.12. The highest BCUT2D eigenvalue weighted by Crippen LogP contribution is 2.15. The van der Waals surface area contributed by atoms with E-state index >= 15 is 0 Å². The molecule has 1 aromatic heterocycles. The second-order valence-corrected chi connectivity index (χ2v) is 6.14. The van der Waals surface area contributed by atoms with Crippen molar-refractivity contribution in [2.75, 3.05) is 0 Å². The van der Waals surface area contributed by atoms with Gasteiger partial charge in [-0.25, -0.2) is 0 Å². The summed E-state index contributed by atoms with van der Waals surface area (Å²) in [7, 11) is 2.01. The number of para-hydroxylation sites is 1. The van der Waals surface area contributed by atoms with Gasteiger partial charge in [0.15, 0.2) is 0 Å². The smallest absolute Gasteiger partial charge is 0.211 e. The van der Waals surface area contributed by atoms with Gasteiger partial charge in [-0.05, 0) is 18.2 Å². The molecule has 0 spiro atoms. The molecule has 0 saturated carbocycles. The topological polar surface area (TPSA) is 29.6 Å². The fourth-order valence-electron chi connectivity index (χ4n) is 1.90. The first-order valence-corrected chi connectivity index (χ1v) is 7.73. The molecule has 3 rings (SSSR count). The first-order valence-electron chi connectivity index (χ1n) is 6.12. The molecule has 3 nitrogen and oxygen atoms in total. The normalized spacial score (nSPS) is 12.6. The summed E-state index contributed by atoms with van der Waals surface area (Å²) in [6.07, 6.45) is 1.76. The van der Waals surface area contributed by atoms with Crippen molar-refractivity contribution in [2.45, 2.75) is 0 Å². The number of fused-ring (bicyclic) bond motifs is 1. The maximum atomic E-state index is 4.31. The van der Waals surface area contributed by atoms with E-state index in [2.05, 4.69) is 42.8 Å². The van der Waals surface area contributed by atoms with Crippen molar-refractivity contribution in [1.29, 1.82) is 0 Å². The predicted octanol–water partition coefficient (Wildman–Crippen LogP) is 3.94. The number of thiazole rings is 1. The Morgan fingerprint density at radius 3 is 2.65 bits per heavy atom. The molecule has 3 aromatic rings. The lowest BCUT2D eigenvalue weighted by atomic mass is 10.2. The largest absolute Gasteiger partial charge is 0.318 e. The van der Waals surface area contributed by atoms with Crippen LogP contribution >= 0.6 is 27.3 Å². The summed E-state index contributed by atoms with van der Waals surface area (Å²) in [5.41, 5.74) is 2.19. The number of benzene rings is 2. The molecular formula is C15H12BrN3S. The third-order valence-electron chi connectivity index (χ3n) is 2.96.